The van der Waals surface area contributed by atoms with Crippen LogP contribution in [0.4, 0.5) is 0 Å². The Kier molecular flexibility index (Phi) is 3.20. The number of alkyl halides is 2. The van der Waals surface area contributed by atoms with Gasteiger partial charge in [0.05, 0.1) is 0 Å². The van der Waals surface area contributed by atoms with Gasteiger partial charge in [-0.15, -0.1) is 0 Å². The molecular formula is C3H6Br2O4S2. The smallest absolute Gasteiger partial charge is 0.226 e. The monoisotopic (exact) mass is 328 g/mol. The Balaban J connectivity index is 5.45. The highest BCUT2D eigenvalue weighted by Gasteiger charge is 2.45. The Bertz CT molecular complexity index is 304. The molecule has 0 aromatic rings. The Labute approximate surface area is 82.5 Å². The van der Waals surface area contributed by atoms with Crippen molar-refractivity contribution >= 4 is 51.5 Å². The van der Waals surface area contributed by atoms with Gasteiger partial charge in [0.25, 0.3) is 1.90 Å². The first-order valence-electron chi connectivity index (χ1n) is 2.27. The Morgan fingerprint density at radius 3 is 1.09 bits per heavy atom. The maximum absolute atomic E-state index is 10.8. The van der Waals surface area contributed by atoms with Gasteiger partial charge in [-0.2, -0.15) is 0 Å². The number of sulfone groups is 2. The molecule has 11 heavy (non-hydrogen) atoms. The molecular weight excluding hydrogens is 324 g/mol. The summed E-state index contributed by atoms with van der Waals surface area (Å²) in [7, 11) is -7.43. The molecule has 0 spiro atoms. The number of hydrogen-bond donors (Lipinski definition) is 0. The molecule has 0 aromatic carbocycles. The maximum atomic E-state index is 10.8. The summed E-state index contributed by atoms with van der Waals surface area (Å²) >= 11 is 5.13. The Hall–Kier alpha value is 0.860. The lowest BCUT2D eigenvalue weighted by Crippen LogP contribution is -2.32. The molecule has 0 rings (SSSR count). The van der Waals surface area contributed by atoms with E-state index >= 15 is 0 Å². The third-order valence-electron chi connectivity index (χ3n) is 0.863. The first-order valence-corrected chi connectivity index (χ1v) is 7.64. The van der Waals surface area contributed by atoms with Crippen LogP contribution in [-0.4, -0.2) is 31.2 Å². The number of halogens is 2. The van der Waals surface area contributed by atoms with Gasteiger partial charge in [-0.25, -0.2) is 16.8 Å². The molecule has 0 heterocycles. The van der Waals surface area contributed by atoms with Crippen LogP contribution in [0.15, 0.2) is 0 Å². The minimum absolute atomic E-state index is 0.817. The van der Waals surface area contributed by atoms with Crippen LogP contribution >= 0.6 is 31.9 Å². The molecule has 0 aromatic heterocycles. The van der Waals surface area contributed by atoms with Crippen LogP contribution in [-0.2, 0) is 19.7 Å². The minimum atomic E-state index is -3.71. The predicted molar refractivity (Wildman–Crippen MR) is 50.3 cm³/mol. The zero-order valence-corrected chi connectivity index (χ0v) is 10.5. The van der Waals surface area contributed by atoms with E-state index in [9.17, 15) is 16.8 Å². The normalized spacial score (nSPS) is 14.9. The summed E-state index contributed by atoms with van der Waals surface area (Å²) in [6.45, 7) is 0. The Morgan fingerprint density at radius 1 is 0.909 bits per heavy atom. The first kappa shape index (κ1) is 11.9. The van der Waals surface area contributed by atoms with E-state index < -0.39 is 21.6 Å². The molecule has 0 fully saturated rings. The van der Waals surface area contributed by atoms with Gasteiger partial charge in [0, 0.05) is 12.5 Å². The second kappa shape index (κ2) is 2.97. The molecule has 4 nitrogen and oxygen atoms in total. The van der Waals surface area contributed by atoms with Crippen molar-refractivity contribution in [1.82, 2.24) is 0 Å². The third-order valence-corrected chi connectivity index (χ3v) is 11.5. The van der Waals surface area contributed by atoms with Crippen molar-refractivity contribution in [3.05, 3.63) is 0 Å². The van der Waals surface area contributed by atoms with Crippen molar-refractivity contribution in [1.29, 1.82) is 0 Å². The minimum Gasteiger partial charge on any atom is -0.226 e. The van der Waals surface area contributed by atoms with Gasteiger partial charge >= 0.3 is 0 Å². The van der Waals surface area contributed by atoms with Crippen LogP contribution in [0.5, 0.6) is 0 Å². The highest BCUT2D eigenvalue weighted by molar-refractivity contribution is 9.30. The molecule has 0 aliphatic rings. The molecule has 0 aliphatic carbocycles. The van der Waals surface area contributed by atoms with Crippen LogP contribution in [0, 0.1) is 0 Å². The van der Waals surface area contributed by atoms with Gasteiger partial charge in [-0.1, -0.05) is 0 Å². The highest BCUT2D eigenvalue weighted by Crippen LogP contribution is 2.37. The van der Waals surface area contributed by atoms with Gasteiger partial charge in [-0.3, -0.25) is 0 Å². The lowest BCUT2D eigenvalue weighted by molar-refractivity contribution is 0.591. The maximum Gasteiger partial charge on any atom is 0.279 e. The standard InChI is InChI=1S/C3H6Br2O4S2/c1-10(6,7)3(4,5)11(2,8)9/h1-2H3. The fraction of sp³-hybridized carbons (Fsp3) is 1.00. The first-order chi connectivity index (χ1) is 4.50. The van der Waals surface area contributed by atoms with Gasteiger partial charge in [-0.05, 0) is 31.9 Å². The van der Waals surface area contributed by atoms with Crippen molar-refractivity contribution in [2.24, 2.45) is 0 Å². The summed E-state index contributed by atoms with van der Waals surface area (Å²) in [6.07, 6.45) is 1.63. The molecule has 68 valence electrons. The quantitative estimate of drug-likeness (QED) is 0.691. The topological polar surface area (TPSA) is 68.3 Å². The zero-order valence-electron chi connectivity index (χ0n) is 5.71. The second-order valence-corrected chi connectivity index (χ2v) is 12.1. The zero-order chi connectivity index (χ0) is 9.50. The fourth-order valence-corrected chi connectivity index (χ4v) is 2.47. The SMILES string of the molecule is CS(=O)(=O)C(Br)(Br)S(C)(=O)=O. The van der Waals surface area contributed by atoms with E-state index in [4.69, 9.17) is 0 Å². The fourth-order valence-electron chi connectivity index (χ4n) is 0.275. The van der Waals surface area contributed by atoms with Crippen LogP contribution in [0.25, 0.3) is 0 Å². The molecule has 0 radical (unpaired) electrons. The van der Waals surface area contributed by atoms with E-state index in [1.165, 1.54) is 0 Å². The number of rotatable bonds is 2. The molecule has 8 heteroatoms. The van der Waals surface area contributed by atoms with Gasteiger partial charge in [0.2, 0.25) is 0 Å². The van der Waals surface area contributed by atoms with Crippen LogP contribution in [0.2, 0.25) is 0 Å². The largest absolute Gasteiger partial charge is 0.279 e. The number of hydrogen-bond acceptors (Lipinski definition) is 4. The van der Waals surface area contributed by atoms with E-state index in [1.54, 1.807) is 0 Å². The molecule has 0 saturated carbocycles. The second-order valence-electron chi connectivity index (χ2n) is 2.01. The highest BCUT2D eigenvalue weighted by atomic mass is 79.9. The van der Waals surface area contributed by atoms with E-state index in [1.807, 2.05) is 0 Å². The lowest BCUT2D eigenvalue weighted by Gasteiger charge is -2.14. The average Bonchev–Trinajstić information content (AvgIpc) is 1.58. The summed E-state index contributed by atoms with van der Waals surface area (Å²) in [6, 6.07) is 0. The van der Waals surface area contributed by atoms with Crippen molar-refractivity contribution in [3.8, 4) is 0 Å². The lowest BCUT2D eigenvalue weighted by atomic mass is 11.8. The molecule has 0 unspecified atom stereocenters. The van der Waals surface area contributed by atoms with E-state index in [0.29, 0.717) is 0 Å². The molecule has 0 amide bonds. The van der Waals surface area contributed by atoms with Crippen molar-refractivity contribution in [3.63, 3.8) is 0 Å². The van der Waals surface area contributed by atoms with E-state index in [0.717, 1.165) is 12.5 Å². The van der Waals surface area contributed by atoms with Gasteiger partial charge < -0.3 is 0 Å². The van der Waals surface area contributed by atoms with Crippen molar-refractivity contribution in [2.75, 3.05) is 12.5 Å². The Morgan fingerprint density at radius 2 is 1.09 bits per heavy atom. The summed E-state index contributed by atoms with van der Waals surface area (Å²) < 4.78 is 41.3. The van der Waals surface area contributed by atoms with Crippen LogP contribution < -0.4 is 0 Å². The molecule has 0 bridgehead atoms. The van der Waals surface area contributed by atoms with Gasteiger partial charge in [0.1, 0.15) is 0 Å². The molecule has 0 N–H and O–H groups in total. The molecule has 0 saturated heterocycles. The van der Waals surface area contributed by atoms with Crippen LogP contribution in [0.3, 0.4) is 0 Å². The summed E-state index contributed by atoms with van der Waals surface area (Å²) in [5.41, 5.74) is 0. The van der Waals surface area contributed by atoms with Crippen LogP contribution in [0.1, 0.15) is 0 Å². The summed E-state index contributed by atoms with van der Waals surface area (Å²) in [5, 5.41) is 0. The van der Waals surface area contributed by atoms with E-state index in [-0.39, 0.29) is 0 Å². The average molecular weight is 330 g/mol. The molecule has 0 aliphatic heterocycles. The van der Waals surface area contributed by atoms with Gasteiger partial charge in [0.15, 0.2) is 19.7 Å². The molecule has 0 atom stereocenters. The van der Waals surface area contributed by atoms with E-state index in [2.05, 4.69) is 31.9 Å². The summed E-state index contributed by atoms with van der Waals surface area (Å²) in [5.74, 6) is 0. The third kappa shape index (κ3) is 2.40. The van der Waals surface area contributed by atoms with Crippen molar-refractivity contribution in [2.45, 2.75) is 1.90 Å². The predicted octanol–water partition coefficient (Wildman–Crippen LogP) is 0.477. The van der Waals surface area contributed by atoms with Crippen molar-refractivity contribution < 1.29 is 16.8 Å². The summed E-state index contributed by atoms with van der Waals surface area (Å²) in [4.78, 5) is 0.